The zero-order valence-electron chi connectivity index (χ0n) is 19.7. The molecule has 0 saturated carbocycles. The summed E-state index contributed by atoms with van der Waals surface area (Å²) in [6.07, 6.45) is 5.88. The van der Waals surface area contributed by atoms with Gasteiger partial charge in [-0.25, -0.2) is 0 Å². The van der Waals surface area contributed by atoms with E-state index in [4.69, 9.17) is 4.74 Å². The zero-order chi connectivity index (χ0) is 23.2. The van der Waals surface area contributed by atoms with E-state index in [-0.39, 0.29) is 36.7 Å². The first-order valence-electron chi connectivity index (χ1n) is 11.9. The molecule has 8 nitrogen and oxygen atoms in total. The standard InChI is InChI=1S/C23H43N3O5/c1-5-6-11-24-22(29)17(3)14-20(27)19-13-16(2)10-8-7-9-12-31-15-21(28)25-18(4)23(30)26-19/h16-20,27H,5-15H2,1-4H3,(H,24,29)(H,25,28)(H,26,30)/t16-,17?,18+,19+,20?/m1/s1. The van der Waals surface area contributed by atoms with Gasteiger partial charge in [0.05, 0.1) is 12.1 Å². The average molecular weight is 442 g/mol. The number of carbonyl (C=O) groups excluding carboxylic acids is 3. The highest BCUT2D eigenvalue weighted by atomic mass is 16.5. The van der Waals surface area contributed by atoms with Gasteiger partial charge >= 0.3 is 0 Å². The molecule has 0 aliphatic carbocycles. The minimum atomic E-state index is -0.847. The summed E-state index contributed by atoms with van der Waals surface area (Å²) in [7, 11) is 0. The van der Waals surface area contributed by atoms with Crippen molar-refractivity contribution in [3.05, 3.63) is 0 Å². The molecule has 1 fully saturated rings. The predicted octanol–water partition coefficient (Wildman–Crippen LogP) is 1.90. The van der Waals surface area contributed by atoms with E-state index in [1.165, 1.54) is 0 Å². The smallest absolute Gasteiger partial charge is 0.246 e. The van der Waals surface area contributed by atoms with Gasteiger partial charge in [0.1, 0.15) is 12.6 Å². The second kappa shape index (κ2) is 15.2. The molecule has 1 aliphatic rings. The number of hydrogen-bond acceptors (Lipinski definition) is 5. The Bertz CT molecular complexity index is 557. The fourth-order valence-corrected chi connectivity index (χ4v) is 3.75. The van der Waals surface area contributed by atoms with E-state index in [2.05, 4.69) is 29.8 Å². The minimum absolute atomic E-state index is 0.0647. The molecule has 0 aromatic carbocycles. The first kappa shape index (κ1) is 27.4. The van der Waals surface area contributed by atoms with E-state index < -0.39 is 18.2 Å². The fraction of sp³-hybridized carbons (Fsp3) is 0.870. The third-order valence-corrected chi connectivity index (χ3v) is 5.81. The number of aliphatic hydroxyl groups excluding tert-OH is 1. The highest BCUT2D eigenvalue weighted by Crippen LogP contribution is 2.20. The molecule has 4 N–H and O–H groups in total. The number of amides is 3. The van der Waals surface area contributed by atoms with Crippen LogP contribution in [-0.4, -0.2) is 60.8 Å². The number of nitrogens with one attached hydrogen (secondary N) is 3. The van der Waals surface area contributed by atoms with Crippen molar-refractivity contribution in [3.8, 4) is 0 Å². The van der Waals surface area contributed by atoms with Crippen LogP contribution in [0.2, 0.25) is 0 Å². The lowest BCUT2D eigenvalue weighted by Gasteiger charge is -2.29. The normalized spacial score (nSPS) is 26.5. The highest BCUT2D eigenvalue weighted by Gasteiger charge is 2.29. The lowest BCUT2D eigenvalue weighted by atomic mass is 9.89. The van der Waals surface area contributed by atoms with Gasteiger partial charge < -0.3 is 25.8 Å². The summed E-state index contributed by atoms with van der Waals surface area (Å²) in [6, 6.07) is -1.21. The van der Waals surface area contributed by atoms with E-state index in [1.54, 1.807) is 13.8 Å². The third-order valence-electron chi connectivity index (χ3n) is 5.81. The molecule has 0 spiro atoms. The van der Waals surface area contributed by atoms with Crippen LogP contribution in [0.25, 0.3) is 0 Å². The van der Waals surface area contributed by atoms with Gasteiger partial charge in [0.15, 0.2) is 0 Å². The summed E-state index contributed by atoms with van der Waals surface area (Å²) in [5.74, 6) is -0.806. The number of ether oxygens (including phenoxy) is 1. The molecule has 0 aromatic heterocycles. The first-order valence-corrected chi connectivity index (χ1v) is 11.9. The maximum atomic E-state index is 12.7. The van der Waals surface area contributed by atoms with Gasteiger partial charge in [-0.3, -0.25) is 14.4 Å². The summed E-state index contributed by atoms with van der Waals surface area (Å²) in [5, 5.41) is 19.3. The lowest BCUT2D eigenvalue weighted by molar-refractivity contribution is -0.132. The van der Waals surface area contributed by atoms with Crippen LogP contribution >= 0.6 is 0 Å². The van der Waals surface area contributed by atoms with Gasteiger partial charge in [0.25, 0.3) is 0 Å². The molecule has 1 heterocycles. The van der Waals surface area contributed by atoms with E-state index in [9.17, 15) is 19.5 Å². The Kier molecular flexibility index (Phi) is 13.4. The molecule has 5 atom stereocenters. The fourth-order valence-electron chi connectivity index (χ4n) is 3.75. The molecule has 0 radical (unpaired) electrons. The van der Waals surface area contributed by atoms with Gasteiger partial charge in [0.2, 0.25) is 17.7 Å². The number of carbonyl (C=O) groups is 3. The number of unbranched alkanes of at least 4 members (excludes halogenated alkanes) is 1. The molecule has 0 bridgehead atoms. The molecule has 8 heteroatoms. The summed E-state index contributed by atoms with van der Waals surface area (Å²) in [4.78, 5) is 36.9. The Balaban J connectivity index is 2.78. The monoisotopic (exact) mass is 441 g/mol. The van der Waals surface area contributed by atoms with Crippen molar-refractivity contribution in [2.75, 3.05) is 19.8 Å². The Morgan fingerprint density at radius 3 is 2.68 bits per heavy atom. The Morgan fingerprint density at radius 1 is 1.23 bits per heavy atom. The molecule has 1 saturated heterocycles. The van der Waals surface area contributed by atoms with Gasteiger partial charge in [0, 0.05) is 19.1 Å². The minimum Gasteiger partial charge on any atom is -0.391 e. The topological polar surface area (TPSA) is 117 Å². The third kappa shape index (κ3) is 11.5. The second-order valence-electron chi connectivity index (χ2n) is 9.00. The molecule has 2 unspecified atom stereocenters. The quantitative estimate of drug-likeness (QED) is 0.450. The average Bonchev–Trinajstić information content (AvgIpc) is 2.72. The van der Waals surface area contributed by atoms with Crippen molar-refractivity contribution in [1.29, 1.82) is 0 Å². The van der Waals surface area contributed by atoms with E-state index in [0.717, 1.165) is 38.5 Å². The van der Waals surface area contributed by atoms with E-state index >= 15 is 0 Å². The van der Waals surface area contributed by atoms with Crippen LogP contribution in [0.1, 0.15) is 79.1 Å². The molecule has 31 heavy (non-hydrogen) atoms. The maximum absolute atomic E-state index is 12.7. The van der Waals surface area contributed by atoms with E-state index in [1.807, 2.05) is 0 Å². The zero-order valence-corrected chi connectivity index (χ0v) is 19.7. The molecule has 1 rings (SSSR count). The summed E-state index contributed by atoms with van der Waals surface area (Å²) < 4.78 is 5.37. The van der Waals surface area contributed by atoms with Crippen LogP contribution in [0, 0.1) is 11.8 Å². The van der Waals surface area contributed by atoms with Crippen LogP contribution < -0.4 is 16.0 Å². The Morgan fingerprint density at radius 2 is 1.97 bits per heavy atom. The lowest BCUT2D eigenvalue weighted by Crippen LogP contribution is -2.52. The molecule has 0 aromatic rings. The predicted molar refractivity (Wildman–Crippen MR) is 120 cm³/mol. The van der Waals surface area contributed by atoms with Gasteiger partial charge in [-0.15, -0.1) is 0 Å². The van der Waals surface area contributed by atoms with Crippen LogP contribution in [0.5, 0.6) is 0 Å². The number of hydrogen-bond donors (Lipinski definition) is 4. The second-order valence-corrected chi connectivity index (χ2v) is 9.00. The van der Waals surface area contributed by atoms with Gasteiger partial charge in [-0.05, 0) is 38.5 Å². The summed E-state index contributed by atoms with van der Waals surface area (Å²) >= 11 is 0. The SMILES string of the molecule is CCCCNC(=O)C(C)CC(O)[C@@H]1C[C@H](C)CCCCCOCC(=O)N[C@@H](C)C(=O)N1. The van der Waals surface area contributed by atoms with Gasteiger partial charge in [-0.1, -0.05) is 46.5 Å². The van der Waals surface area contributed by atoms with Crippen LogP contribution in [0.3, 0.4) is 0 Å². The van der Waals surface area contributed by atoms with Crippen molar-refractivity contribution < 1.29 is 24.2 Å². The molecule has 3 amide bonds. The highest BCUT2D eigenvalue weighted by molar-refractivity contribution is 5.87. The molecular formula is C23H43N3O5. The van der Waals surface area contributed by atoms with Crippen molar-refractivity contribution in [2.45, 2.75) is 97.2 Å². The van der Waals surface area contributed by atoms with Crippen molar-refractivity contribution in [1.82, 2.24) is 16.0 Å². The maximum Gasteiger partial charge on any atom is 0.246 e. The summed E-state index contributed by atoms with van der Waals surface area (Å²) in [5.41, 5.74) is 0. The molecular weight excluding hydrogens is 398 g/mol. The Labute approximate surface area is 187 Å². The number of aliphatic hydroxyl groups is 1. The molecule has 1 aliphatic heterocycles. The largest absolute Gasteiger partial charge is 0.391 e. The molecule has 180 valence electrons. The first-order chi connectivity index (χ1) is 14.7. The van der Waals surface area contributed by atoms with Crippen LogP contribution in [-0.2, 0) is 19.1 Å². The van der Waals surface area contributed by atoms with Crippen LogP contribution in [0.15, 0.2) is 0 Å². The van der Waals surface area contributed by atoms with Crippen molar-refractivity contribution >= 4 is 17.7 Å². The van der Waals surface area contributed by atoms with Crippen molar-refractivity contribution in [3.63, 3.8) is 0 Å². The van der Waals surface area contributed by atoms with Gasteiger partial charge in [-0.2, -0.15) is 0 Å². The Hall–Kier alpha value is -1.67. The van der Waals surface area contributed by atoms with E-state index in [0.29, 0.717) is 25.5 Å². The van der Waals surface area contributed by atoms with Crippen LogP contribution in [0.4, 0.5) is 0 Å². The number of rotatable bonds is 7. The van der Waals surface area contributed by atoms with Crippen molar-refractivity contribution in [2.24, 2.45) is 11.8 Å². The summed E-state index contributed by atoms with van der Waals surface area (Å²) in [6.45, 7) is 8.69.